The van der Waals surface area contributed by atoms with E-state index in [1.807, 2.05) is 0 Å². The summed E-state index contributed by atoms with van der Waals surface area (Å²) in [7, 11) is 1.43. The Labute approximate surface area is 119 Å². The number of methoxy groups -OCH3 is 1. The summed E-state index contributed by atoms with van der Waals surface area (Å²) in [5, 5.41) is 0.812. The Kier molecular flexibility index (Phi) is 4.27. The molecule has 0 aliphatic heterocycles. The second-order valence-electron chi connectivity index (χ2n) is 3.88. The lowest BCUT2D eigenvalue weighted by atomic mass is 9.99. The van der Waals surface area contributed by atoms with Crippen molar-refractivity contribution in [2.75, 3.05) is 7.11 Å². The van der Waals surface area contributed by atoms with E-state index in [-0.39, 0.29) is 5.56 Å². The SMILES string of the molecule is COc1ccc(-c2cc(Cl)ccc2Cl)c(C(F)F)c1. The zero-order chi connectivity index (χ0) is 14.0. The third-order valence-corrected chi connectivity index (χ3v) is 3.28. The molecule has 0 spiro atoms. The molecule has 0 aliphatic rings. The summed E-state index contributed by atoms with van der Waals surface area (Å²) in [6.07, 6.45) is -2.62. The van der Waals surface area contributed by atoms with Crippen LogP contribution in [0.15, 0.2) is 36.4 Å². The predicted octanol–water partition coefficient (Wildman–Crippen LogP) is 5.61. The van der Waals surface area contributed by atoms with Crippen molar-refractivity contribution in [3.05, 3.63) is 52.0 Å². The maximum Gasteiger partial charge on any atom is 0.264 e. The Hall–Kier alpha value is -1.32. The second-order valence-corrected chi connectivity index (χ2v) is 4.72. The van der Waals surface area contributed by atoms with Crippen LogP contribution in [-0.4, -0.2) is 7.11 Å². The van der Waals surface area contributed by atoms with Crippen LogP contribution in [0.25, 0.3) is 11.1 Å². The van der Waals surface area contributed by atoms with E-state index >= 15 is 0 Å². The molecule has 0 aromatic heterocycles. The van der Waals surface area contributed by atoms with Crippen LogP contribution in [-0.2, 0) is 0 Å². The van der Waals surface area contributed by atoms with E-state index in [4.69, 9.17) is 27.9 Å². The predicted molar refractivity (Wildman–Crippen MR) is 73.4 cm³/mol. The van der Waals surface area contributed by atoms with Crippen LogP contribution in [0.4, 0.5) is 8.78 Å². The van der Waals surface area contributed by atoms with Gasteiger partial charge in [0.05, 0.1) is 7.11 Å². The first-order valence-electron chi connectivity index (χ1n) is 5.44. The van der Waals surface area contributed by atoms with Gasteiger partial charge in [0.2, 0.25) is 0 Å². The number of hydrogen-bond acceptors (Lipinski definition) is 1. The van der Waals surface area contributed by atoms with E-state index in [1.54, 1.807) is 30.3 Å². The van der Waals surface area contributed by atoms with E-state index in [0.29, 0.717) is 26.9 Å². The molecule has 5 heteroatoms. The van der Waals surface area contributed by atoms with E-state index in [9.17, 15) is 8.78 Å². The van der Waals surface area contributed by atoms with Crippen molar-refractivity contribution in [3.63, 3.8) is 0 Å². The Balaban J connectivity index is 2.64. The van der Waals surface area contributed by atoms with Crippen molar-refractivity contribution in [1.82, 2.24) is 0 Å². The standard InChI is InChI=1S/C14H10Cl2F2O/c1-19-9-3-4-10(12(7-9)14(17)18)11-6-8(15)2-5-13(11)16/h2-7,14H,1H3. The third kappa shape index (κ3) is 2.99. The minimum absolute atomic E-state index is 0.136. The summed E-state index contributed by atoms with van der Waals surface area (Å²) in [5.41, 5.74) is 0.693. The number of benzene rings is 2. The molecule has 0 atom stereocenters. The van der Waals surface area contributed by atoms with Crippen molar-refractivity contribution in [3.8, 4) is 16.9 Å². The fraction of sp³-hybridized carbons (Fsp3) is 0.143. The van der Waals surface area contributed by atoms with Crippen LogP contribution >= 0.6 is 23.2 Å². The molecule has 1 nitrogen and oxygen atoms in total. The van der Waals surface area contributed by atoms with E-state index in [2.05, 4.69) is 0 Å². The van der Waals surface area contributed by atoms with Gasteiger partial charge in [-0.05, 0) is 35.9 Å². The smallest absolute Gasteiger partial charge is 0.264 e. The lowest BCUT2D eigenvalue weighted by Crippen LogP contribution is -1.93. The average Bonchev–Trinajstić information content (AvgIpc) is 2.40. The molecule has 0 aliphatic carbocycles. The molecule has 2 rings (SSSR count). The van der Waals surface area contributed by atoms with Gasteiger partial charge in [-0.15, -0.1) is 0 Å². The molecule has 0 N–H and O–H groups in total. The summed E-state index contributed by atoms with van der Waals surface area (Å²) in [4.78, 5) is 0. The maximum atomic E-state index is 13.1. The van der Waals surface area contributed by atoms with Crippen LogP contribution in [0.2, 0.25) is 10.0 Å². The van der Waals surface area contributed by atoms with Crippen molar-refractivity contribution in [2.45, 2.75) is 6.43 Å². The van der Waals surface area contributed by atoms with E-state index in [0.717, 1.165) is 0 Å². The van der Waals surface area contributed by atoms with Crippen LogP contribution < -0.4 is 4.74 Å². The van der Waals surface area contributed by atoms with Gasteiger partial charge in [0, 0.05) is 21.2 Å². The lowest BCUT2D eigenvalue weighted by molar-refractivity contribution is 0.151. The molecule has 100 valence electrons. The Morgan fingerprint density at radius 3 is 2.37 bits per heavy atom. The zero-order valence-corrected chi connectivity index (χ0v) is 11.5. The molecule has 0 heterocycles. The maximum absolute atomic E-state index is 13.1. The van der Waals surface area contributed by atoms with Gasteiger partial charge < -0.3 is 4.74 Å². The lowest BCUT2D eigenvalue weighted by Gasteiger charge is -2.12. The second kappa shape index (κ2) is 5.76. The number of alkyl halides is 2. The van der Waals surface area contributed by atoms with Gasteiger partial charge in [-0.2, -0.15) is 0 Å². The highest BCUT2D eigenvalue weighted by Crippen LogP contribution is 2.38. The van der Waals surface area contributed by atoms with Gasteiger partial charge in [-0.3, -0.25) is 0 Å². The molecule has 0 radical (unpaired) electrons. The molecule has 0 bridgehead atoms. The fourth-order valence-corrected chi connectivity index (χ4v) is 2.19. The normalized spacial score (nSPS) is 10.8. The summed E-state index contributed by atoms with van der Waals surface area (Å²) in [6, 6.07) is 9.22. The third-order valence-electron chi connectivity index (χ3n) is 2.71. The van der Waals surface area contributed by atoms with Crippen LogP contribution in [0.1, 0.15) is 12.0 Å². The quantitative estimate of drug-likeness (QED) is 0.716. The molecular formula is C14H10Cl2F2O. The van der Waals surface area contributed by atoms with Gasteiger partial charge in [0.25, 0.3) is 6.43 Å². The molecular weight excluding hydrogens is 293 g/mol. The van der Waals surface area contributed by atoms with E-state index in [1.165, 1.54) is 13.2 Å². The monoisotopic (exact) mass is 302 g/mol. The van der Waals surface area contributed by atoms with Crippen molar-refractivity contribution in [2.24, 2.45) is 0 Å². The van der Waals surface area contributed by atoms with Crippen molar-refractivity contribution >= 4 is 23.2 Å². The Bertz CT molecular complexity index is 600. The summed E-state index contributed by atoms with van der Waals surface area (Å²) >= 11 is 11.9. The summed E-state index contributed by atoms with van der Waals surface area (Å²) in [6.45, 7) is 0. The molecule has 0 fully saturated rings. The number of ether oxygens (including phenoxy) is 1. The molecule has 0 saturated carbocycles. The van der Waals surface area contributed by atoms with Gasteiger partial charge in [0.15, 0.2) is 0 Å². The van der Waals surface area contributed by atoms with Gasteiger partial charge in [0.1, 0.15) is 5.75 Å². The molecule has 19 heavy (non-hydrogen) atoms. The molecule has 2 aromatic rings. The van der Waals surface area contributed by atoms with Gasteiger partial charge >= 0.3 is 0 Å². The zero-order valence-electron chi connectivity index (χ0n) is 9.96. The van der Waals surface area contributed by atoms with Crippen LogP contribution in [0.3, 0.4) is 0 Å². The van der Waals surface area contributed by atoms with Gasteiger partial charge in [-0.25, -0.2) is 8.78 Å². The topological polar surface area (TPSA) is 9.23 Å². The minimum Gasteiger partial charge on any atom is -0.497 e. The molecule has 0 unspecified atom stereocenters. The Morgan fingerprint density at radius 1 is 1.00 bits per heavy atom. The van der Waals surface area contributed by atoms with Crippen molar-refractivity contribution < 1.29 is 13.5 Å². The number of rotatable bonds is 3. The Morgan fingerprint density at radius 2 is 1.74 bits per heavy atom. The summed E-state index contributed by atoms with van der Waals surface area (Å²) in [5.74, 6) is 0.372. The molecule has 2 aromatic carbocycles. The number of halogens is 4. The minimum atomic E-state index is -2.62. The summed E-state index contributed by atoms with van der Waals surface area (Å²) < 4.78 is 31.2. The fourth-order valence-electron chi connectivity index (χ4n) is 1.80. The molecule has 0 saturated heterocycles. The first kappa shape index (κ1) is 14.1. The largest absolute Gasteiger partial charge is 0.497 e. The van der Waals surface area contributed by atoms with Crippen molar-refractivity contribution in [1.29, 1.82) is 0 Å². The first-order chi connectivity index (χ1) is 9.02. The first-order valence-corrected chi connectivity index (χ1v) is 6.20. The molecule has 0 amide bonds. The van der Waals surface area contributed by atoms with E-state index < -0.39 is 6.43 Å². The van der Waals surface area contributed by atoms with Crippen LogP contribution in [0.5, 0.6) is 5.75 Å². The highest BCUT2D eigenvalue weighted by Gasteiger charge is 2.17. The van der Waals surface area contributed by atoms with Gasteiger partial charge in [-0.1, -0.05) is 29.3 Å². The number of hydrogen-bond donors (Lipinski definition) is 0. The highest BCUT2D eigenvalue weighted by atomic mass is 35.5. The van der Waals surface area contributed by atoms with Crippen LogP contribution in [0, 0.1) is 0 Å². The average molecular weight is 303 g/mol. The highest BCUT2D eigenvalue weighted by molar-refractivity contribution is 6.35.